The van der Waals surface area contributed by atoms with Gasteiger partial charge in [-0.3, -0.25) is 0 Å². The average Bonchev–Trinajstić information content (AvgIpc) is 3.39. The van der Waals surface area contributed by atoms with Crippen molar-refractivity contribution in [2.75, 3.05) is 0 Å². The van der Waals surface area contributed by atoms with Crippen LogP contribution in [0.3, 0.4) is 0 Å². The van der Waals surface area contributed by atoms with E-state index in [0.717, 1.165) is 0 Å². The minimum Gasteiger partial charge on any atom is -0.140 e. The lowest BCUT2D eigenvalue weighted by molar-refractivity contribution is 0.603. The van der Waals surface area contributed by atoms with Gasteiger partial charge in [0.25, 0.3) is 0 Å². The van der Waals surface area contributed by atoms with E-state index in [9.17, 15) is 0 Å². The smallest absolute Gasteiger partial charge is 0.0449 e. The highest BCUT2D eigenvalue weighted by molar-refractivity contribution is 7.24. The summed E-state index contributed by atoms with van der Waals surface area (Å²) in [5, 5.41) is 0. The molecule has 0 unspecified atom stereocenters. The molecule has 0 nitrogen and oxygen atoms in total. The number of rotatable bonds is 3. The van der Waals surface area contributed by atoms with Crippen molar-refractivity contribution in [2.24, 2.45) is 0 Å². The molecule has 0 N–H and O–H groups in total. The minimum absolute atomic E-state index is 0.204. The molecule has 4 aromatic rings. The molecule has 0 bridgehead atoms. The maximum atomic E-state index is 2.34. The second-order valence-corrected chi connectivity index (χ2v) is 12.8. The Morgan fingerprint density at radius 3 is 1.45 bits per heavy atom. The Morgan fingerprint density at radius 2 is 0.897 bits per heavy atom. The first-order valence-corrected chi connectivity index (χ1v) is 12.5. The van der Waals surface area contributed by atoms with Crippen LogP contribution in [0.4, 0.5) is 0 Å². The Labute approximate surface area is 186 Å². The lowest BCUT2D eigenvalue weighted by Crippen LogP contribution is -2.07. The molecule has 0 radical (unpaired) electrons. The van der Waals surface area contributed by atoms with Gasteiger partial charge in [0.2, 0.25) is 0 Å². The zero-order valence-electron chi connectivity index (χ0n) is 18.0. The fourth-order valence-electron chi connectivity index (χ4n) is 3.22. The van der Waals surface area contributed by atoms with Crippen molar-refractivity contribution >= 4 is 34.0 Å². The molecular weight excluding hydrogens is 408 g/mol. The van der Waals surface area contributed by atoms with Gasteiger partial charge in [-0.05, 0) is 64.4 Å². The molecule has 150 valence electrons. The summed E-state index contributed by atoms with van der Waals surface area (Å²) in [6.45, 7) is 13.7. The summed E-state index contributed by atoms with van der Waals surface area (Å²) in [5.41, 5.74) is 3.03. The van der Waals surface area contributed by atoms with E-state index < -0.39 is 0 Å². The van der Waals surface area contributed by atoms with Crippen LogP contribution in [0.2, 0.25) is 0 Å². The molecule has 4 rings (SSSR count). The van der Waals surface area contributed by atoms with Crippen LogP contribution in [-0.4, -0.2) is 0 Å². The molecule has 1 aromatic carbocycles. The average molecular weight is 437 g/mol. The van der Waals surface area contributed by atoms with Gasteiger partial charge in [0, 0.05) is 29.3 Å². The zero-order chi connectivity index (χ0) is 20.8. The van der Waals surface area contributed by atoms with Crippen molar-refractivity contribution in [3.63, 3.8) is 0 Å². The van der Waals surface area contributed by atoms with Crippen LogP contribution in [0, 0.1) is 0 Å². The van der Waals surface area contributed by atoms with Crippen LogP contribution in [0.25, 0.3) is 30.6 Å². The van der Waals surface area contributed by atoms with E-state index in [0.29, 0.717) is 0 Å². The summed E-state index contributed by atoms with van der Waals surface area (Å²) < 4.78 is 0. The van der Waals surface area contributed by atoms with E-state index in [1.807, 2.05) is 34.0 Å². The van der Waals surface area contributed by atoms with Gasteiger partial charge in [-0.15, -0.1) is 34.0 Å². The van der Waals surface area contributed by atoms with Crippen LogP contribution in [0.1, 0.15) is 51.3 Å². The third kappa shape index (κ3) is 4.42. The second-order valence-electron chi connectivity index (χ2n) is 9.57. The highest BCUT2D eigenvalue weighted by Gasteiger charge is 2.18. The van der Waals surface area contributed by atoms with E-state index >= 15 is 0 Å². The summed E-state index contributed by atoms with van der Waals surface area (Å²) in [7, 11) is 0. The van der Waals surface area contributed by atoms with E-state index in [4.69, 9.17) is 0 Å². The Bertz CT molecular complexity index is 1120. The second kappa shape index (κ2) is 7.54. The van der Waals surface area contributed by atoms with Crippen molar-refractivity contribution in [1.29, 1.82) is 0 Å². The van der Waals surface area contributed by atoms with E-state index in [1.165, 1.54) is 40.4 Å². The molecule has 0 spiro atoms. The molecule has 0 saturated heterocycles. The normalized spacial score (nSPS) is 12.5. The lowest BCUT2D eigenvalue weighted by Gasteiger charge is -2.15. The molecule has 0 atom stereocenters. The monoisotopic (exact) mass is 436 g/mol. The Hall–Kier alpha value is -1.68. The Balaban J connectivity index is 1.63. The quantitative estimate of drug-likeness (QED) is 0.300. The highest BCUT2D eigenvalue weighted by Crippen LogP contribution is 2.41. The van der Waals surface area contributed by atoms with Crippen molar-refractivity contribution in [1.82, 2.24) is 0 Å². The van der Waals surface area contributed by atoms with Gasteiger partial charge in [0.05, 0.1) is 0 Å². The summed E-state index contributed by atoms with van der Waals surface area (Å²) in [6, 6.07) is 22.6. The van der Waals surface area contributed by atoms with Crippen LogP contribution in [0.5, 0.6) is 0 Å². The van der Waals surface area contributed by atoms with Crippen molar-refractivity contribution in [3.05, 3.63) is 70.4 Å². The maximum Gasteiger partial charge on any atom is 0.0449 e. The van der Waals surface area contributed by atoms with Gasteiger partial charge in [-0.2, -0.15) is 0 Å². The number of hydrogen-bond donors (Lipinski definition) is 0. The molecule has 0 fully saturated rings. The topological polar surface area (TPSA) is 0 Å². The maximum absolute atomic E-state index is 2.34. The van der Waals surface area contributed by atoms with E-state index in [-0.39, 0.29) is 10.8 Å². The van der Waals surface area contributed by atoms with Gasteiger partial charge in [0.1, 0.15) is 0 Å². The first kappa shape index (κ1) is 20.6. The molecule has 0 aliphatic heterocycles. The molecular formula is C26H28S3. The van der Waals surface area contributed by atoms with Gasteiger partial charge >= 0.3 is 0 Å². The highest BCUT2D eigenvalue weighted by atomic mass is 32.1. The molecule has 3 aromatic heterocycles. The Kier molecular flexibility index (Phi) is 5.35. The molecule has 0 saturated carbocycles. The van der Waals surface area contributed by atoms with Gasteiger partial charge in [-0.25, -0.2) is 0 Å². The van der Waals surface area contributed by atoms with Crippen molar-refractivity contribution < 1.29 is 0 Å². The number of benzene rings is 1. The van der Waals surface area contributed by atoms with E-state index in [2.05, 4.69) is 102 Å². The summed E-state index contributed by atoms with van der Waals surface area (Å²) in [6.07, 6.45) is 0. The molecule has 3 heterocycles. The predicted octanol–water partition coefficient (Wildman–Crippen LogP) is 9.47. The third-order valence-electron chi connectivity index (χ3n) is 4.97. The fraction of sp³-hybridized carbons (Fsp3) is 0.308. The third-order valence-corrected chi connectivity index (χ3v) is 9.37. The van der Waals surface area contributed by atoms with Gasteiger partial charge in [-0.1, -0.05) is 59.7 Å². The van der Waals surface area contributed by atoms with Crippen LogP contribution in [-0.2, 0) is 10.8 Å². The number of hydrogen-bond acceptors (Lipinski definition) is 3. The van der Waals surface area contributed by atoms with Crippen molar-refractivity contribution in [2.45, 2.75) is 52.4 Å². The molecule has 0 aliphatic rings. The van der Waals surface area contributed by atoms with Crippen LogP contribution < -0.4 is 0 Å². The zero-order valence-corrected chi connectivity index (χ0v) is 20.4. The van der Waals surface area contributed by atoms with Gasteiger partial charge < -0.3 is 0 Å². The summed E-state index contributed by atoms with van der Waals surface area (Å²) in [4.78, 5) is 8.29. The summed E-state index contributed by atoms with van der Waals surface area (Å²) in [5.74, 6) is 0. The largest absolute Gasteiger partial charge is 0.140 e. The van der Waals surface area contributed by atoms with Gasteiger partial charge in [0.15, 0.2) is 0 Å². The Morgan fingerprint density at radius 1 is 0.483 bits per heavy atom. The number of thiophene rings is 3. The molecule has 0 amide bonds. The first-order valence-electron chi connectivity index (χ1n) is 10.0. The molecule has 29 heavy (non-hydrogen) atoms. The summed E-state index contributed by atoms with van der Waals surface area (Å²) >= 11 is 5.72. The standard InChI is InChI=1S/C26H28S3/c1-25(2,3)23-14-12-20(28-23)18-9-7-8-17(16-18)19-10-11-21(27-19)22-13-15-24(29-22)26(4,5)6/h7-16H,1-6H3. The lowest BCUT2D eigenvalue weighted by atomic mass is 9.95. The molecule has 3 heteroatoms. The van der Waals surface area contributed by atoms with Crippen molar-refractivity contribution in [3.8, 4) is 30.6 Å². The first-order chi connectivity index (χ1) is 13.6. The SMILES string of the molecule is CC(C)(C)c1ccc(-c2cccc(-c3ccc(-c4ccc(C(C)(C)C)s4)s3)c2)s1. The van der Waals surface area contributed by atoms with Crippen LogP contribution in [0.15, 0.2) is 60.7 Å². The predicted molar refractivity (Wildman–Crippen MR) is 134 cm³/mol. The minimum atomic E-state index is 0.204. The fourth-order valence-corrected chi connectivity index (χ4v) is 6.44. The van der Waals surface area contributed by atoms with E-state index in [1.54, 1.807) is 0 Å². The molecule has 0 aliphatic carbocycles. The van der Waals surface area contributed by atoms with Crippen LogP contribution >= 0.6 is 34.0 Å².